The van der Waals surface area contributed by atoms with Gasteiger partial charge in [-0.05, 0) is 25.5 Å². The van der Waals surface area contributed by atoms with Crippen LogP contribution in [0.25, 0.3) is 10.9 Å². The van der Waals surface area contributed by atoms with Crippen LogP contribution in [-0.2, 0) is 17.6 Å². The fraction of sp³-hybridized carbons (Fsp3) is 0.333. The van der Waals surface area contributed by atoms with Gasteiger partial charge in [0.25, 0.3) is 0 Å². The fourth-order valence-electron chi connectivity index (χ4n) is 2.84. The monoisotopic (exact) mass is 345 g/mol. The van der Waals surface area contributed by atoms with Crippen molar-refractivity contribution in [2.24, 2.45) is 0 Å². The number of nitrogens with zero attached hydrogens (tertiary/aromatic N) is 2. The first kappa shape index (κ1) is 16.6. The van der Waals surface area contributed by atoms with Crippen LogP contribution in [0.15, 0.2) is 23.7 Å². The predicted octanol–water partition coefficient (Wildman–Crippen LogP) is 3.62. The number of hydrogen-bond donors (Lipinski definition) is 1. The zero-order valence-electron chi connectivity index (χ0n) is 14.0. The van der Waals surface area contributed by atoms with Crippen LogP contribution in [0.4, 0.5) is 4.39 Å². The van der Waals surface area contributed by atoms with Crippen molar-refractivity contribution in [2.45, 2.75) is 26.7 Å². The normalized spacial score (nSPS) is 11.2. The molecule has 1 amide bonds. The van der Waals surface area contributed by atoms with Crippen molar-refractivity contribution in [3.05, 3.63) is 51.4 Å². The van der Waals surface area contributed by atoms with Crippen LogP contribution in [-0.4, -0.2) is 34.4 Å². The summed E-state index contributed by atoms with van der Waals surface area (Å²) in [7, 11) is 1.81. The van der Waals surface area contributed by atoms with Gasteiger partial charge < -0.3 is 9.88 Å². The van der Waals surface area contributed by atoms with Gasteiger partial charge in [0, 0.05) is 36.0 Å². The molecule has 1 N–H and O–H groups in total. The third kappa shape index (κ3) is 3.19. The number of aromatic amines is 1. The van der Waals surface area contributed by atoms with E-state index in [1.165, 1.54) is 10.9 Å². The Morgan fingerprint density at radius 3 is 2.88 bits per heavy atom. The highest BCUT2D eigenvalue weighted by atomic mass is 32.1. The molecule has 0 atom stereocenters. The minimum atomic E-state index is -0.289. The van der Waals surface area contributed by atoms with Crippen LogP contribution in [0.2, 0.25) is 0 Å². The number of aryl methyl sites for hydroxylation is 2. The summed E-state index contributed by atoms with van der Waals surface area (Å²) < 4.78 is 13.9. The summed E-state index contributed by atoms with van der Waals surface area (Å²) in [6.07, 6.45) is 1.08. The topological polar surface area (TPSA) is 49.0 Å². The molecule has 0 bridgehead atoms. The Morgan fingerprint density at radius 1 is 1.38 bits per heavy atom. The highest BCUT2D eigenvalue weighted by Crippen LogP contribution is 2.25. The second kappa shape index (κ2) is 6.73. The van der Waals surface area contributed by atoms with Crippen LogP contribution in [0.3, 0.4) is 0 Å². The summed E-state index contributed by atoms with van der Waals surface area (Å²) in [5.74, 6) is -0.256. The number of rotatable bonds is 5. The highest BCUT2D eigenvalue weighted by molar-refractivity contribution is 7.09. The van der Waals surface area contributed by atoms with E-state index in [0.717, 1.165) is 28.8 Å². The average molecular weight is 345 g/mol. The molecule has 2 heterocycles. The quantitative estimate of drug-likeness (QED) is 0.768. The molecule has 126 valence electrons. The van der Waals surface area contributed by atoms with Crippen molar-refractivity contribution in [2.75, 3.05) is 13.6 Å². The Kier molecular flexibility index (Phi) is 4.66. The largest absolute Gasteiger partial charge is 0.356 e. The zero-order chi connectivity index (χ0) is 17.3. The Hall–Kier alpha value is -2.21. The first-order valence-corrected chi connectivity index (χ1v) is 8.74. The number of amides is 1. The zero-order valence-corrected chi connectivity index (χ0v) is 14.8. The lowest BCUT2D eigenvalue weighted by atomic mass is 10.1. The van der Waals surface area contributed by atoms with Gasteiger partial charge in [0.2, 0.25) is 5.91 Å². The van der Waals surface area contributed by atoms with E-state index >= 15 is 0 Å². The number of likely N-dealkylation sites (N-methyl/N-ethyl adjacent to an activating group) is 1. The van der Waals surface area contributed by atoms with Crippen LogP contribution in [0, 0.1) is 19.7 Å². The molecule has 0 saturated carbocycles. The lowest BCUT2D eigenvalue weighted by Crippen LogP contribution is -2.30. The summed E-state index contributed by atoms with van der Waals surface area (Å²) in [6, 6.07) is 4.95. The number of thiazole rings is 1. The van der Waals surface area contributed by atoms with Crippen molar-refractivity contribution in [3.63, 3.8) is 0 Å². The van der Waals surface area contributed by atoms with Gasteiger partial charge in [0.05, 0.1) is 23.1 Å². The maximum Gasteiger partial charge on any atom is 0.226 e. The Morgan fingerprint density at radius 2 is 2.17 bits per heavy atom. The molecule has 3 rings (SSSR count). The first-order valence-electron chi connectivity index (χ1n) is 7.86. The molecular weight excluding hydrogens is 325 g/mol. The summed E-state index contributed by atoms with van der Waals surface area (Å²) in [5.41, 5.74) is 5.05. The number of para-hydroxylation sites is 1. The third-order valence-electron chi connectivity index (χ3n) is 4.38. The maximum atomic E-state index is 13.9. The van der Waals surface area contributed by atoms with Crippen molar-refractivity contribution >= 4 is 28.1 Å². The number of carbonyl (C=O) groups is 1. The van der Waals surface area contributed by atoms with E-state index in [0.29, 0.717) is 12.1 Å². The Balaban J connectivity index is 1.71. The van der Waals surface area contributed by atoms with E-state index in [-0.39, 0.29) is 18.1 Å². The molecule has 0 saturated heterocycles. The maximum absolute atomic E-state index is 13.9. The van der Waals surface area contributed by atoms with Gasteiger partial charge in [-0.2, -0.15) is 0 Å². The second-order valence-corrected chi connectivity index (χ2v) is 6.93. The number of fused-ring (bicyclic) bond motifs is 1. The number of aromatic nitrogens is 2. The van der Waals surface area contributed by atoms with Crippen molar-refractivity contribution < 1.29 is 9.18 Å². The number of nitrogens with one attached hydrogen (secondary N) is 1. The van der Waals surface area contributed by atoms with Crippen LogP contribution < -0.4 is 0 Å². The Labute approximate surface area is 144 Å². The summed E-state index contributed by atoms with van der Waals surface area (Å²) in [4.78, 5) is 22.8. The Bertz CT molecular complexity index is 884. The smallest absolute Gasteiger partial charge is 0.226 e. The predicted molar refractivity (Wildman–Crippen MR) is 94.9 cm³/mol. The summed E-state index contributed by atoms with van der Waals surface area (Å²) in [6.45, 7) is 4.51. The second-order valence-electron chi connectivity index (χ2n) is 5.99. The lowest BCUT2D eigenvalue weighted by Gasteiger charge is -2.17. The number of benzene rings is 1. The number of H-pyrrole nitrogens is 1. The molecule has 0 radical (unpaired) electrons. The number of hydrogen-bond acceptors (Lipinski definition) is 3. The lowest BCUT2D eigenvalue weighted by molar-refractivity contribution is -0.129. The number of halogens is 1. The highest BCUT2D eigenvalue weighted by Gasteiger charge is 2.17. The summed E-state index contributed by atoms with van der Waals surface area (Å²) in [5, 5.41) is 0.785. The van der Waals surface area contributed by atoms with Gasteiger partial charge in [0.1, 0.15) is 5.82 Å². The first-order chi connectivity index (χ1) is 11.5. The molecule has 24 heavy (non-hydrogen) atoms. The molecule has 4 nitrogen and oxygen atoms in total. The fourth-order valence-corrected chi connectivity index (χ4v) is 3.61. The minimum absolute atomic E-state index is 0.0328. The van der Waals surface area contributed by atoms with Crippen molar-refractivity contribution in [1.82, 2.24) is 14.9 Å². The standard InChI is InChI=1S/C18H20FN3OS/c1-11-14(13-5-4-6-15(19)18(13)21-11)9-17(23)22(3)8-7-16-12(2)20-10-24-16/h4-6,10,21H,7-9H2,1-3H3. The molecule has 0 aliphatic heterocycles. The molecule has 2 aromatic heterocycles. The molecule has 6 heteroatoms. The van der Waals surface area contributed by atoms with Gasteiger partial charge in [-0.1, -0.05) is 12.1 Å². The molecule has 1 aromatic carbocycles. The van der Waals surface area contributed by atoms with E-state index in [9.17, 15) is 9.18 Å². The minimum Gasteiger partial charge on any atom is -0.356 e. The third-order valence-corrected chi connectivity index (χ3v) is 5.37. The van der Waals surface area contributed by atoms with Gasteiger partial charge in [-0.25, -0.2) is 9.37 Å². The van der Waals surface area contributed by atoms with Crippen molar-refractivity contribution in [3.8, 4) is 0 Å². The van der Waals surface area contributed by atoms with Gasteiger partial charge in [0.15, 0.2) is 0 Å². The number of carbonyl (C=O) groups excluding carboxylic acids is 1. The summed E-state index contributed by atoms with van der Waals surface area (Å²) >= 11 is 1.62. The van der Waals surface area contributed by atoms with Crippen molar-refractivity contribution in [1.29, 1.82) is 0 Å². The van der Waals surface area contributed by atoms with Crippen LogP contribution >= 0.6 is 11.3 Å². The molecule has 3 aromatic rings. The molecule has 0 unspecified atom stereocenters. The average Bonchev–Trinajstić information content (AvgIpc) is 3.10. The molecule has 0 aliphatic rings. The van der Waals surface area contributed by atoms with E-state index in [4.69, 9.17) is 0 Å². The molecule has 0 aliphatic carbocycles. The molecule has 0 spiro atoms. The van der Waals surface area contributed by atoms with E-state index in [1.54, 1.807) is 22.3 Å². The van der Waals surface area contributed by atoms with Gasteiger partial charge in [-0.3, -0.25) is 4.79 Å². The molecule has 0 fully saturated rings. The van der Waals surface area contributed by atoms with E-state index in [1.807, 2.05) is 32.5 Å². The van der Waals surface area contributed by atoms with Gasteiger partial charge >= 0.3 is 0 Å². The van der Waals surface area contributed by atoms with Gasteiger partial charge in [-0.15, -0.1) is 11.3 Å². The van der Waals surface area contributed by atoms with E-state index < -0.39 is 0 Å². The molecular formula is C18H20FN3OS. The van der Waals surface area contributed by atoms with E-state index in [2.05, 4.69) is 9.97 Å². The van der Waals surface area contributed by atoms with Crippen LogP contribution in [0.5, 0.6) is 0 Å². The van der Waals surface area contributed by atoms with Crippen LogP contribution in [0.1, 0.15) is 21.8 Å². The SMILES string of the molecule is Cc1ncsc1CCN(C)C(=O)Cc1c(C)[nH]c2c(F)cccc12.